The van der Waals surface area contributed by atoms with E-state index in [0.29, 0.717) is 0 Å². The van der Waals surface area contributed by atoms with Gasteiger partial charge >= 0.3 is 0 Å². The summed E-state index contributed by atoms with van der Waals surface area (Å²) in [7, 11) is -14.8. The molecule has 0 aromatic heterocycles. The Labute approximate surface area is 203 Å². The fraction of sp³-hybridized carbons (Fsp3) is 1.00. The summed E-state index contributed by atoms with van der Waals surface area (Å²) in [6.45, 7) is 0. The highest BCUT2D eigenvalue weighted by molar-refractivity contribution is 9.44. The van der Waals surface area contributed by atoms with Gasteiger partial charge in [-0.1, -0.05) is 0 Å². The minimum Gasteiger partial charge on any atom is -0.223 e. The average Bonchev–Trinajstić information content (AvgIpc) is 2.09. The quantitative estimate of drug-likeness (QED) is 0.374. The maximum absolute atomic E-state index is 12.5. The molecule has 0 spiro atoms. The second-order valence-corrected chi connectivity index (χ2v) is 35.7. The van der Waals surface area contributed by atoms with Gasteiger partial charge in [0.15, 0.2) is 0 Å². The van der Waals surface area contributed by atoms with Crippen LogP contribution in [0.25, 0.3) is 0 Å². The molecule has 0 heterocycles. The third-order valence-corrected chi connectivity index (χ3v) is 21.9. The summed E-state index contributed by atoms with van der Waals surface area (Å²) in [5.41, 5.74) is 0. The van der Waals surface area contributed by atoms with Crippen LogP contribution >= 0.6 is 143 Å². The van der Waals surface area contributed by atoms with Crippen molar-refractivity contribution in [2.75, 3.05) is 0 Å². The first kappa shape index (κ1) is 26.2. The van der Waals surface area contributed by atoms with Crippen LogP contribution in [0.1, 0.15) is 0 Å². The van der Waals surface area contributed by atoms with E-state index < -0.39 is 37.9 Å². The topological polar surface area (TPSA) is 102 Å². The van der Waals surface area contributed by atoms with Gasteiger partial charge in [-0.15, -0.1) is 0 Å². The average molecular weight is 960 g/mol. The molecule has 6 nitrogen and oxygen atoms in total. The fourth-order valence-corrected chi connectivity index (χ4v) is 19.8. The van der Waals surface area contributed by atoms with E-state index in [2.05, 4.69) is 143 Å². The molecule has 0 rings (SSSR count). The van der Waals surface area contributed by atoms with Crippen LogP contribution in [0.15, 0.2) is 0 Å². The molecule has 0 aliphatic rings. The van der Waals surface area contributed by atoms with Crippen molar-refractivity contribution in [3.05, 3.63) is 0 Å². The maximum Gasteiger partial charge on any atom is 0.272 e. The second-order valence-electron chi connectivity index (χ2n) is 3.26. The Kier molecular flexibility index (Phi) is 9.39. The zero-order valence-electron chi connectivity index (χ0n) is 9.15. The van der Waals surface area contributed by atoms with Gasteiger partial charge in [-0.25, -0.2) is 25.3 Å². The number of hydrogen-bond donors (Lipinski definition) is 0. The first-order valence-electron chi connectivity index (χ1n) is 4.02. The lowest BCUT2D eigenvalue weighted by atomic mass is 11.8. The lowest BCUT2D eigenvalue weighted by Gasteiger charge is -2.28. The Balaban J connectivity index is 7.00. The van der Waals surface area contributed by atoms with Gasteiger partial charge < -0.3 is 0 Å². The molecule has 134 valence electrons. The Hall–Kier alpha value is 4.17. The highest BCUT2D eigenvalue weighted by Crippen LogP contribution is 2.53. The largest absolute Gasteiger partial charge is 0.272 e. The maximum atomic E-state index is 12.5. The molecule has 0 aromatic rings. The Morgan fingerprint density at radius 3 is 0.682 bits per heavy atom. The van der Waals surface area contributed by atoms with Crippen LogP contribution in [0.4, 0.5) is 0 Å². The van der Waals surface area contributed by atoms with E-state index in [1.807, 2.05) is 0 Å². The molecule has 0 amide bonds. The number of hydrogen-bond acceptors (Lipinski definition) is 6. The first-order chi connectivity index (χ1) is 9.12. The predicted molar refractivity (Wildman–Crippen MR) is 119 cm³/mol. The molecule has 22 heavy (non-hydrogen) atoms. The monoisotopic (exact) mass is 951 g/mol. The van der Waals surface area contributed by atoms with Gasteiger partial charge in [-0.3, -0.25) is 0 Å². The van der Waals surface area contributed by atoms with Gasteiger partial charge in [0.25, 0.3) is 3.91 Å². The first-order valence-corrected chi connectivity index (χ1v) is 15.8. The normalized spacial score (nSPS) is 16.1. The highest BCUT2D eigenvalue weighted by atomic mass is 80.0. The molecular weight excluding hydrogens is 959 g/mol. The molecule has 18 heteroatoms. The van der Waals surface area contributed by atoms with Crippen molar-refractivity contribution >= 4 is 173 Å². The van der Waals surface area contributed by atoms with Gasteiger partial charge in [0.1, 0.15) is 0 Å². The van der Waals surface area contributed by atoms with Crippen LogP contribution in [0.2, 0.25) is 0 Å². The molecule has 0 saturated carbocycles. The molecule has 0 bridgehead atoms. The van der Waals surface area contributed by atoms with E-state index in [1.165, 1.54) is 0 Å². The summed E-state index contributed by atoms with van der Waals surface area (Å²) in [6.07, 6.45) is 0. The van der Waals surface area contributed by atoms with E-state index in [9.17, 15) is 25.3 Å². The van der Waals surface area contributed by atoms with Gasteiger partial charge in [0, 0.05) is 0 Å². The van der Waals surface area contributed by atoms with Gasteiger partial charge in [0.2, 0.25) is 33.9 Å². The number of sulfone groups is 3. The predicted octanol–water partition coefficient (Wildman–Crippen LogP) is 4.90. The standard InChI is InChI=1S/C4HBr9O6S3/c5-2(6,7)20(14,15)1(21(16,17)3(8,9)10)22(18,19)4(11,12)13/h1H. The lowest BCUT2D eigenvalue weighted by Crippen LogP contribution is -2.49. The van der Waals surface area contributed by atoms with Crippen LogP contribution in [-0.2, 0) is 29.5 Å². The highest BCUT2D eigenvalue weighted by Gasteiger charge is 2.64. The Morgan fingerprint density at radius 2 is 0.591 bits per heavy atom. The van der Waals surface area contributed by atoms with Gasteiger partial charge in [0.05, 0.1) is 0 Å². The van der Waals surface area contributed by atoms with Crippen molar-refractivity contribution in [1.82, 2.24) is 0 Å². The minimum absolute atomic E-state index is 2.21. The second kappa shape index (κ2) is 7.89. The Bertz CT molecular complexity index is 628. The van der Waals surface area contributed by atoms with Crippen molar-refractivity contribution in [1.29, 1.82) is 0 Å². The van der Waals surface area contributed by atoms with Crippen LogP contribution in [0, 0.1) is 0 Å². The third-order valence-electron chi connectivity index (χ3n) is 1.73. The zero-order valence-corrected chi connectivity index (χ0v) is 25.9. The van der Waals surface area contributed by atoms with E-state index >= 15 is 0 Å². The van der Waals surface area contributed by atoms with Crippen molar-refractivity contribution in [3.8, 4) is 0 Å². The molecule has 0 saturated heterocycles. The summed E-state index contributed by atoms with van der Waals surface area (Å²) in [5.74, 6) is 0. The lowest BCUT2D eigenvalue weighted by molar-refractivity contribution is 0.576. The molecule has 0 N–H and O–H groups in total. The fourth-order valence-electron chi connectivity index (χ4n) is 0.828. The summed E-state index contributed by atoms with van der Waals surface area (Å²) in [4.78, 5) is 0. The molecular formula is C4HBr9O6S3. The van der Waals surface area contributed by atoms with Crippen LogP contribution in [-0.4, -0.2) is 33.6 Å². The summed E-state index contributed by atoms with van der Waals surface area (Å²) >= 11 is 23.8. The zero-order chi connectivity index (χ0) is 18.6. The molecule has 0 radical (unpaired) electrons. The molecule has 0 atom stereocenters. The minimum atomic E-state index is -4.93. The Morgan fingerprint density at radius 1 is 0.455 bits per heavy atom. The van der Waals surface area contributed by atoms with Crippen molar-refractivity contribution in [2.24, 2.45) is 0 Å². The van der Waals surface area contributed by atoms with Gasteiger partial charge in [-0.2, -0.15) is 0 Å². The van der Waals surface area contributed by atoms with E-state index in [1.54, 1.807) is 0 Å². The molecule has 0 unspecified atom stereocenters. The van der Waals surface area contributed by atoms with Crippen molar-refractivity contribution in [3.63, 3.8) is 0 Å². The molecule has 0 aliphatic heterocycles. The van der Waals surface area contributed by atoms with Crippen LogP contribution < -0.4 is 0 Å². The molecule has 0 aromatic carbocycles. The van der Waals surface area contributed by atoms with Crippen LogP contribution in [0.3, 0.4) is 0 Å². The number of alkyl halides is 9. The van der Waals surface area contributed by atoms with Crippen molar-refractivity contribution in [2.45, 2.75) is 8.34 Å². The van der Waals surface area contributed by atoms with E-state index in [-0.39, 0.29) is 0 Å². The third kappa shape index (κ3) is 5.37. The van der Waals surface area contributed by atoms with E-state index in [0.717, 1.165) is 0 Å². The number of halogens is 9. The van der Waals surface area contributed by atoms with Crippen molar-refractivity contribution < 1.29 is 25.3 Å². The SMILES string of the molecule is O=S(=O)(C(S(=O)(=O)C(Br)(Br)Br)S(=O)(=O)C(Br)(Br)Br)C(Br)(Br)Br. The summed E-state index contributed by atoms with van der Waals surface area (Å²) in [6, 6.07) is 0. The molecule has 0 fully saturated rings. The smallest absolute Gasteiger partial charge is 0.223 e. The van der Waals surface area contributed by atoms with Crippen LogP contribution in [0.5, 0.6) is 0 Å². The molecule has 0 aliphatic carbocycles. The summed E-state index contributed by atoms with van der Waals surface area (Å²) in [5, 5.41) is 0. The summed E-state index contributed by atoms with van der Waals surface area (Å²) < 4.78 is 65.6. The van der Waals surface area contributed by atoms with Gasteiger partial charge in [-0.05, 0) is 143 Å². The number of rotatable bonds is 3. The van der Waals surface area contributed by atoms with E-state index in [4.69, 9.17) is 0 Å².